The van der Waals surface area contributed by atoms with E-state index in [1.165, 1.54) is 18.4 Å². The van der Waals surface area contributed by atoms with E-state index in [4.69, 9.17) is 0 Å². The second-order valence-corrected chi connectivity index (χ2v) is 7.48. The molecule has 2 aromatic carbocycles. The van der Waals surface area contributed by atoms with Crippen LogP contribution in [-0.4, -0.2) is 34.7 Å². The smallest absolute Gasteiger partial charge is 0.127 e. The molecule has 152 valence electrons. The number of halogens is 1. The van der Waals surface area contributed by atoms with E-state index in [1.807, 2.05) is 18.2 Å². The maximum atomic E-state index is 10.5. The fraction of sp³-hybridized carbons (Fsp3) is 0.417. The third-order valence-corrected chi connectivity index (χ3v) is 5.40. The molecular formula is C24H32ClNO2. The van der Waals surface area contributed by atoms with Crippen LogP contribution in [-0.2, 0) is 12.8 Å². The molecule has 3 nitrogen and oxygen atoms in total. The predicted octanol–water partition coefficient (Wildman–Crippen LogP) is 5.58. The number of hydrogen-bond donors (Lipinski definition) is 2. The van der Waals surface area contributed by atoms with Crippen molar-refractivity contribution in [2.24, 2.45) is 0 Å². The van der Waals surface area contributed by atoms with Gasteiger partial charge in [-0.1, -0.05) is 56.2 Å². The third-order valence-electron chi connectivity index (χ3n) is 5.40. The van der Waals surface area contributed by atoms with Crippen molar-refractivity contribution in [2.45, 2.75) is 45.4 Å². The molecule has 0 unspecified atom stereocenters. The van der Waals surface area contributed by atoms with Crippen molar-refractivity contribution in [2.75, 3.05) is 19.6 Å². The minimum absolute atomic E-state index is 0. The highest BCUT2D eigenvalue weighted by molar-refractivity contribution is 5.85. The Labute approximate surface area is 175 Å². The Hall–Kier alpha value is -1.97. The van der Waals surface area contributed by atoms with Crippen molar-refractivity contribution in [1.82, 2.24) is 4.90 Å². The fourth-order valence-electron chi connectivity index (χ4n) is 3.79. The molecule has 28 heavy (non-hydrogen) atoms. The highest BCUT2D eigenvalue weighted by Gasteiger charge is 2.19. The van der Waals surface area contributed by atoms with Gasteiger partial charge < -0.3 is 10.2 Å². The standard InChI is InChI=1S/C24H31NO2.ClH/c1-2-3-5-10-20-17-22(26)24(23(27)18-20)21-12-15-25(16-13-21)14-11-19-8-6-4-7-9-19;/h4,6-9,12,17-18,26-27H,2-3,5,10-11,13-16H2,1H3;1H. The monoisotopic (exact) mass is 401 g/mol. The number of benzene rings is 2. The van der Waals surface area contributed by atoms with E-state index in [0.29, 0.717) is 5.56 Å². The van der Waals surface area contributed by atoms with E-state index >= 15 is 0 Å². The maximum Gasteiger partial charge on any atom is 0.127 e. The third kappa shape index (κ3) is 6.02. The van der Waals surface area contributed by atoms with Crippen LogP contribution in [0.2, 0.25) is 0 Å². The number of phenols is 2. The lowest BCUT2D eigenvalue weighted by atomic mass is 9.95. The van der Waals surface area contributed by atoms with Gasteiger partial charge >= 0.3 is 0 Å². The zero-order chi connectivity index (χ0) is 19.1. The van der Waals surface area contributed by atoms with Gasteiger partial charge in [0, 0.05) is 19.6 Å². The topological polar surface area (TPSA) is 43.7 Å². The second kappa shape index (κ2) is 11.1. The first kappa shape index (κ1) is 22.3. The van der Waals surface area contributed by atoms with Gasteiger partial charge in [-0.2, -0.15) is 0 Å². The number of rotatable bonds is 8. The molecule has 2 aromatic rings. The van der Waals surface area contributed by atoms with E-state index in [0.717, 1.165) is 56.5 Å². The van der Waals surface area contributed by atoms with Gasteiger partial charge in [0.1, 0.15) is 11.5 Å². The molecule has 0 fully saturated rings. The average molecular weight is 402 g/mol. The summed E-state index contributed by atoms with van der Waals surface area (Å²) in [5, 5.41) is 21.0. The summed E-state index contributed by atoms with van der Waals surface area (Å²) >= 11 is 0. The Morgan fingerprint density at radius 3 is 2.25 bits per heavy atom. The molecule has 0 bridgehead atoms. The predicted molar refractivity (Wildman–Crippen MR) is 119 cm³/mol. The van der Waals surface area contributed by atoms with Crippen LogP contribution in [0.1, 0.15) is 49.3 Å². The van der Waals surface area contributed by atoms with E-state index in [1.54, 1.807) is 0 Å². The second-order valence-electron chi connectivity index (χ2n) is 7.48. The molecule has 1 aliphatic rings. The molecule has 0 saturated heterocycles. The molecule has 1 heterocycles. The highest BCUT2D eigenvalue weighted by atomic mass is 35.5. The summed E-state index contributed by atoms with van der Waals surface area (Å²) in [6, 6.07) is 14.2. The summed E-state index contributed by atoms with van der Waals surface area (Å²) in [4.78, 5) is 2.42. The summed E-state index contributed by atoms with van der Waals surface area (Å²) in [5.74, 6) is 0.427. The molecule has 0 saturated carbocycles. The Morgan fingerprint density at radius 2 is 1.64 bits per heavy atom. The van der Waals surface area contributed by atoms with Gasteiger partial charge in [0.2, 0.25) is 0 Å². The first-order valence-electron chi connectivity index (χ1n) is 10.2. The van der Waals surface area contributed by atoms with Crippen molar-refractivity contribution in [1.29, 1.82) is 0 Å². The van der Waals surface area contributed by atoms with Gasteiger partial charge in [-0.3, -0.25) is 4.90 Å². The van der Waals surface area contributed by atoms with E-state index in [-0.39, 0.29) is 23.9 Å². The van der Waals surface area contributed by atoms with E-state index in [9.17, 15) is 10.2 Å². The van der Waals surface area contributed by atoms with Crippen LogP contribution >= 0.6 is 12.4 Å². The highest BCUT2D eigenvalue weighted by Crippen LogP contribution is 2.38. The Kier molecular flexibility index (Phi) is 8.88. The van der Waals surface area contributed by atoms with Crippen molar-refractivity contribution in [3.8, 4) is 11.5 Å². The van der Waals surface area contributed by atoms with Crippen LogP contribution in [0, 0.1) is 0 Å². The number of aromatic hydroxyl groups is 2. The number of unbranched alkanes of at least 4 members (excludes halogenated alkanes) is 2. The SMILES string of the molecule is CCCCCc1cc(O)c(C2=CCN(CCc3ccccc3)CC2)c(O)c1.Cl. The largest absolute Gasteiger partial charge is 0.507 e. The molecule has 0 atom stereocenters. The number of hydrogen-bond acceptors (Lipinski definition) is 3. The van der Waals surface area contributed by atoms with Crippen LogP contribution in [0.5, 0.6) is 11.5 Å². The van der Waals surface area contributed by atoms with E-state index in [2.05, 4.69) is 42.2 Å². The zero-order valence-corrected chi connectivity index (χ0v) is 17.5. The molecule has 0 radical (unpaired) electrons. The van der Waals surface area contributed by atoms with Gasteiger partial charge in [0.05, 0.1) is 5.56 Å². The molecule has 1 aliphatic heterocycles. The van der Waals surface area contributed by atoms with Gasteiger partial charge in [0.25, 0.3) is 0 Å². The molecule has 2 N–H and O–H groups in total. The summed E-state index contributed by atoms with van der Waals surface area (Å²) in [6.07, 6.45) is 8.39. The first-order valence-corrected chi connectivity index (χ1v) is 10.2. The average Bonchev–Trinajstić information content (AvgIpc) is 2.68. The van der Waals surface area contributed by atoms with Crippen molar-refractivity contribution < 1.29 is 10.2 Å². The lowest BCUT2D eigenvalue weighted by Crippen LogP contribution is -2.30. The summed E-state index contributed by atoms with van der Waals surface area (Å²) in [5.41, 5.74) is 4.06. The number of nitrogens with zero attached hydrogens (tertiary/aromatic N) is 1. The Morgan fingerprint density at radius 1 is 0.929 bits per heavy atom. The molecule has 0 amide bonds. The van der Waals surface area contributed by atoms with Gasteiger partial charge in [-0.25, -0.2) is 0 Å². The minimum atomic E-state index is 0. The van der Waals surface area contributed by atoms with Gasteiger partial charge in [-0.05, 0) is 54.5 Å². The summed E-state index contributed by atoms with van der Waals surface area (Å²) < 4.78 is 0. The molecular weight excluding hydrogens is 370 g/mol. The van der Waals surface area contributed by atoms with Crippen molar-refractivity contribution in [3.63, 3.8) is 0 Å². The van der Waals surface area contributed by atoms with Crippen molar-refractivity contribution in [3.05, 3.63) is 65.2 Å². The van der Waals surface area contributed by atoms with Crippen LogP contribution in [0.3, 0.4) is 0 Å². The fourth-order valence-corrected chi connectivity index (χ4v) is 3.79. The van der Waals surface area contributed by atoms with Gasteiger partial charge in [0.15, 0.2) is 0 Å². The van der Waals surface area contributed by atoms with Crippen LogP contribution < -0.4 is 0 Å². The molecule has 4 heteroatoms. The van der Waals surface area contributed by atoms with Crippen LogP contribution in [0.25, 0.3) is 5.57 Å². The summed E-state index contributed by atoms with van der Waals surface area (Å²) in [6.45, 7) is 5.02. The molecule has 0 aliphatic carbocycles. The normalized spacial score (nSPS) is 14.4. The maximum absolute atomic E-state index is 10.5. The Balaban J connectivity index is 0.00000280. The first-order chi connectivity index (χ1) is 13.2. The molecule has 0 spiro atoms. The summed E-state index contributed by atoms with van der Waals surface area (Å²) in [7, 11) is 0. The number of phenolic OH excluding ortho intramolecular Hbond substituents is 2. The van der Waals surface area contributed by atoms with Crippen molar-refractivity contribution >= 4 is 18.0 Å². The van der Waals surface area contributed by atoms with Crippen LogP contribution in [0.15, 0.2) is 48.5 Å². The van der Waals surface area contributed by atoms with Gasteiger partial charge in [-0.15, -0.1) is 12.4 Å². The zero-order valence-electron chi connectivity index (χ0n) is 16.7. The molecule has 0 aromatic heterocycles. The molecule has 3 rings (SSSR count). The minimum Gasteiger partial charge on any atom is -0.507 e. The lowest BCUT2D eigenvalue weighted by molar-refractivity contribution is 0.305. The quantitative estimate of drug-likeness (QED) is 0.567. The van der Waals surface area contributed by atoms with E-state index < -0.39 is 0 Å². The number of aryl methyl sites for hydroxylation is 1. The van der Waals surface area contributed by atoms with Crippen LogP contribution in [0.4, 0.5) is 0 Å². The lowest BCUT2D eigenvalue weighted by Gasteiger charge is -2.27. The Bertz CT molecular complexity index is 750.